The average Bonchev–Trinajstić information content (AvgIpc) is 3.30. The number of nitro benzene ring substituents is 1. The van der Waals surface area contributed by atoms with Gasteiger partial charge in [0.05, 0.1) is 21.5 Å². The topological polar surface area (TPSA) is 101 Å². The van der Waals surface area contributed by atoms with Gasteiger partial charge in [-0.2, -0.15) is 0 Å². The number of sulfonamides is 1. The van der Waals surface area contributed by atoms with Crippen LogP contribution in [-0.4, -0.2) is 13.3 Å². The van der Waals surface area contributed by atoms with E-state index in [2.05, 4.69) is 22.2 Å². The monoisotopic (exact) mass is 461 g/mol. The fourth-order valence-electron chi connectivity index (χ4n) is 4.76. The first-order chi connectivity index (χ1) is 15.8. The van der Waals surface area contributed by atoms with E-state index < -0.39 is 14.9 Å². The van der Waals surface area contributed by atoms with Crippen LogP contribution in [0, 0.1) is 23.0 Å². The number of benzene rings is 3. The number of hydrogen-bond donors (Lipinski definition) is 2. The summed E-state index contributed by atoms with van der Waals surface area (Å²) in [4.78, 5) is 10.8. The van der Waals surface area contributed by atoms with Crippen LogP contribution in [0.3, 0.4) is 0 Å². The number of hydrogen-bond acceptors (Lipinski definition) is 5. The number of nitrogens with zero attached hydrogens (tertiary/aromatic N) is 1. The maximum absolute atomic E-state index is 13.1. The summed E-state index contributed by atoms with van der Waals surface area (Å²) in [5.74, 6) is 0.260. The van der Waals surface area contributed by atoms with Crippen molar-refractivity contribution in [2.75, 3.05) is 10.0 Å². The molecule has 7 nitrogen and oxygen atoms in total. The molecule has 0 bridgehead atoms. The van der Waals surface area contributed by atoms with Gasteiger partial charge in [-0.3, -0.25) is 14.8 Å². The molecule has 0 fully saturated rings. The molecule has 2 aliphatic rings. The Morgan fingerprint density at radius 2 is 1.82 bits per heavy atom. The Kier molecular flexibility index (Phi) is 5.17. The molecule has 168 valence electrons. The minimum absolute atomic E-state index is 0.0224. The van der Waals surface area contributed by atoms with Crippen LogP contribution in [0.5, 0.6) is 0 Å². The highest BCUT2D eigenvalue weighted by Crippen LogP contribution is 2.50. The predicted molar refractivity (Wildman–Crippen MR) is 128 cm³/mol. The molecule has 0 amide bonds. The summed E-state index contributed by atoms with van der Waals surface area (Å²) in [6.45, 7) is 1.86. The normalized spacial score (nSPS) is 21.1. The maximum atomic E-state index is 13.1. The highest BCUT2D eigenvalue weighted by molar-refractivity contribution is 7.92. The zero-order valence-electron chi connectivity index (χ0n) is 17.9. The molecule has 0 radical (unpaired) electrons. The van der Waals surface area contributed by atoms with Gasteiger partial charge in [0.25, 0.3) is 15.7 Å². The Hall–Kier alpha value is -3.65. The fourth-order valence-corrected chi connectivity index (χ4v) is 5.93. The Morgan fingerprint density at radius 3 is 2.55 bits per heavy atom. The number of fused-ring (bicyclic) bond motifs is 3. The Bertz CT molecular complexity index is 1370. The number of non-ortho nitro benzene ring substituents is 1. The molecule has 1 aliphatic heterocycles. The summed E-state index contributed by atoms with van der Waals surface area (Å²) in [6, 6.07) is 19.1. The molecule has 5 rings (SSSR count). The van der Waals surface area contributed by atoms with Crippen LogP contribution < -0.4 is 10.0 Å². The van der Waals surface area contributed by atoms with E-state index in [9.17, 15) is 18.5 Å². The molecule has 0 saturated carbocycles. The zero-order valence-corrected chi connectivity index (χ0v) is 18.7. The number of aryl methyl sites for hydroxylation is 1. The molecule has 3 aromatic rings. The maximum Gasteiger partial charge on any atom is 0.269 e. The third kappa shape index (κ3) is 3.87. The second kappa shape index (κ2) is 8.04. The molecule has 2 N–H and O–H groups in total. The van der Waals surface area contributed by atoms with Crippen molar-refractivity contribution in [2.24, 2.45) is 5.92 Å². The van der Waals surface area contributed by atoms with E-state index in [0.29, 0.717) is 5.69 Å². The first kappa shape index (κ1) is 21.2. The first-order valence-electron chi connectivity index (χ1n) is 10.7. The lowest BCUT2D eigenvalue weighted by Gasteiger charge is -2.37. The number of rotatable bonds is 5. The Labute approximate surface area is 192 Å². The van der Waals surface area contributed by atoms with Crippen molar-refractivity contribution in [3.63, 3.8) is 0 Å². The van der Waals surface area contributed by atoms with Crippen LogP contribution in [0.15, 0.2) is 83.8 Å². The number of nitrogens with one attached hydrogen (secondary N) is 2. The molecule has 1 heterocycles. The molecule has 1 aliphatic carbocycles. The molecule has 0 unspecified atom stereocenters. The van der Waals surface area contributed by atoms with E-state index in [4.69, 9.17) is 0 Å². The highest BCUT2D eigenvalue weighted by atomic mass is 32.2. The molecule has 3 aromatic carbocycles. The number of para-hydroxylation sites is 1. The fraction of sp³-hybridized carbons (Fsp3) is 0.200. The third-order valence-electron chi connectivity index (χ3n) is 6.50. The lowest BCUT2D eigenvalue weighted by Crippen LogP contribution is -2.29. The van der Waals surface area contributed by atoms with Crippen molar-refractivity contribution in [3.8, 4) is 0 Å². The minimum Gasteiger partial charge on any atom is -0.378 e. The molecule has 3 atom stereocenters. The van der Waals surface area contributed by atoms with Gasteiger partial charge in [0.2, 0.25) is 0 Å². The van der Waals surface area contributed by atoms with E-state index in [1.807, 2.05) is 25.1 Å². The average molecular weight is 462 g/mol. The highest BCUT2D eigenvalue weighted by Gasteiger charge is 2.38. The van der Waals surface area contributed by atoms with Crippen molar-refractivity contribution in [1.82, 2.24) is 0 Å². The number of anilines is 2. The predicted octanol–water partition coefficient (Wildman–Crippen LogP) is 5.53. The largest absolute Gasteiger partial charge is 0.378 e. The van der Waals surface area contributed by atoms with Crippen LogP contribution in [0.1, 0.15) is 35.1 Å². The van der Waals surface area contributed by atoms with Crippen LogP contribution in [-0.2, 0) is 10.0 Å². The number of nitro groups is 1. The summed E-state index contributed by atoms with van der Waals surface area (Å²) >= 11 is 0. The molecule has 33 heavy (non-hydrogen) atoms. The van der Waals surface area contributed by atoms with Crippen molar-refractivity contribution in [3.05, 3.63) is 106 Å². The Morgan fingerprint density at radius 1 is 1.06 bits per heavy atom. The smallest absolute Gasteiger partial charge is 0.269 e. The standard InChI is InChI=1S/C25H23N3O4S/c1-16-5-2-3-8-23(16)27-33(31,32)19-13-14-24-22(15-19)20-6-4-7-21(20)25(26-24)17-9-11-18(12-10-17)28(29)30/h2-6,8-15,20-21,25-27H,7H2,1H3/t20-,21+,25+/m0/s1. The summed E-state index contributed by atoms with van der Waals surface area (Å²) < 4.78 is 28.9. The van der Waals surface area contributed by atoms with E-state index >= 15 is 0 Å². The molecular formula is C25H23N3O4S. The van der Waals surface area contributed by atoms with Gasteiger partial charge >= 0.3 is 0 Å². The third-order valence-corrected chi connectivity index (χ3v) is 7.86. The summed E-state index contributed by atoms with van der Waals surface area (Å²) in [7, 11) is -3.74. The molecule has 8 heteroatoms. The zero-order chi connectivity index (χ0) is 23.2. The van der Waals surface area contributed by atoms with Gasteiger partial charge in [0, 0.05) is 23.7 Å². The quantitative estimate of drug-likeness (QED) is 0.295. The Balaban J connectivity index is 1.47. The van der Waals surface area contributed by atoms with E-state index in [1.54, 1.807) is 36.4 Å². The first-order valence-corrected chi connectivity index (χ1v) is 12.2. The van der Waals surface area contributed by atoms with Gasteiger partial charge < -0.3 is 5.32 Å². The molecule has 0 spiro atoms. The van der Waals surface area contributed by atoms with Crippen molar-refractivity contribution >= 4 is 27.1 Å². The van der Waals surface area contributed by atoms with Crippen LogP contribution >= 0.6 is 0 Å². The van der Waals surface area contributed by atoms with Crippen LogP contribution in [0.25, 0.3) is 0 Å². The summed E-state index contributed by atoms with van der Waals surface area (Å²) in [6.07, 6.45) is 5.10. The van der Waals surface area contributed by atoms with Gasteiger partial charge in [0.15, 0.2) is 0 Å². The SMILES string of the molecule is Cc1ccccc1NS(=O)(=O)c1ccc2c(c1)[C@H]1C=CC[C@H]1[C@@H](c1ccc([N+](=O)[O-])cc1)N2. The van der Waals surface area contributed by atoms with Crippen molar-refractivity contribution in [2.45, 2.75) is 30.2 Å². The van der Waals surface area contributed by atoms with Crippen LogP contribution in [0.4, 0.5) is 17.1 Å². The molecule has 0 aromatic heterocycles. The van der Waals surface area contributed by atoms with E-state index in [1.165, 1.54) is 12.1 Å². The van der Waals surface area contributed by atoms with Gasteiger partial charge in [-0.05, 0) is 60.2 Å². The second-order valence-corrected chi connectivity index (χ2v) is 10.2. The summed E-state index contributed by atoms with van der Waals surface area (Å²) in [5, 5.41) is 14.6. The van der Waals surface area contributed by atoms with Crippen molar-refractivity contribution < 1.29 is 13.3 Å². The van der Waals surface area contributed by atoms with E-state index in [0.717, 1.165) is 28.8 Å². The lowest BCUT2D eigenvalue weighted by atomic mass is 9.77. The number of allylic oxidation sites excluding steroid dienone is 2. The minimum atomic E-state index is -3.74. The summed E-state index contributed by atoms with van der Waals surface area (Å²) in [5.41, 5.74) is 4.27. The van der Waals surface area contributed by atoms with Gasteiger partial charge in [-0.1, -0.05) is 42.5 Å². The molecule has 0 saturated heterocycles. The second-order valence-electron chi connectivity index (χ2n) is 8.49. The van der Waals surface area contributed by atoms with Gasteiger partial charge in [-0.25, -0.2) is 8.42 Å². The van der Waals surface area contributed by atoms with Crippen molar-refractivity contribution in [1.29, 1.82) is 0 Å². The van der Waals surface area contributed by atoms with Crippen LogP contribution in [0.2, 0.25) is 0 Å². The van der Waals surface area contributed by atoms with Gasteiger partial charge in [-0.15, -0.1) is 0 Å². The van der Waals surface area contributed by atoms with Gasteiger partial charge in [0.1, 0.15) is 0 Å². The lowest BCUT2D eigenvalue weighted by molar-refractivity contribution is -0.384. The molecular weight excluding hydrogens is 438 g/mol. The van der Waals surface area contributed by atoms with E-state index in [-0.39, 0.29) is 28.5 Å².